The maximum Gasteiger partial charge on any atom is 0.275 e. The van der Waals surface area contributed by atoms with E-state index in [9.17, 15) is 9.59 Å². The van der Waals surface area contributed by atoms with Crippen LogP contribution in [0.1, 0.15) is 46.9 Å². The Labute approximate surface area is 173 Å². The zero-order chi connectivity index (χ0) is 21.0. The molecule has 1 aliphatic rings. The number of quaternary nitrogens is 1. The van der Waals surface area contributed by atoms with Crippen LogP contribution in [0.3, 0.4) is 0 Å². The Morgan fingerprint density at radius 3 is 2.28 bits per heavy atom. The van der Waals surface area contributed by atoms with E-state index in [1.807, 2.05) is 31.2 Å². The second-order valence-electron chi connectivity index (χ2n) is 8.15. The molecule has 0 aliphatic carbocycles. The van der Waals surface area contributed by atoms with Crippen LogP contribution in [-0.2, 0) is 4.79 Å². The van der Waals surface area contributed by atoms with Crippen LogP contribution in [-0.4, -0.2) is 44.4 Å². The number of nitrogens with zero attached hydrogens (tertiary/aromatic N) is 1. The molecule has 2 aromatic carbocycles. The van der Waals surface area contributed by atoms with Crippen molar-refractivity contribution in [2.45, 2.75) is 33.7 Å². The SMILES string of the molecule is CC(=O)c1ccc(N2CC[NH+](CC(=O)N[C@H](C)c3ccc(C)c(C)c3)CC2)cc1. The van der Waals surface area contributed by atoms with Gasteiger partial charge in [-0.2, -0.15) is 0 Å². The maximum absolute atomic E-state index is 12.5. The van der Waals surface area contributed by atoms with E-state index in [0.29, 0.717) is 6.54 Å². The molecule has 5 nitrogen and oxygen atoms in total. The number of hydrogen-bond donors (Lipinski definition) is 2. The lowest BCUT2D eigenvalue weighted by atomic mass is 10.0. The summed E-state index contributed by atoms with van der Waals surface area (Å²) in [6.45, 7) is 12.0. The van der Waals surface area contributed by atoms with Gasteiger partial charge in [-0.15, -0.1) is 0 Å². The molecule has 1 amide bonds. The number of aryl methyl sites for hydroxylation is 2. The summed E-state index contributed by atoms with van der Waals surface area (Å²) >= 11 is 0. The van der Waals surface area contributed by atoms with Crippen LogP contribution in [0.5, 0.6) is 0 Å². The van der Waals surface area contributed by atoms with E-state index in [1.165, 1.54) is 16.0 Å². The first-order valence-electron chi connectivity index (χ1n) is 10.4. The fraction of sp³-hybridized carbons (Fsp3) is 0.417. The molecule has 3 rings (SSSR count). The predicted molar refractivity (Wildman–Crippen MR) is 117 cm³/mol. The van der Waals surface area contributed by atoms with E-state index in [1.54, 1.807) is 6.92 Å². The fourth-order valence-corrected chi connectivity index (χ4v) is 3.80. The molecule has 0 spiro atoms. The molecular formula is C24H32N3O2+. The van der Waals surface area contributed by atoms with Crippen LogP contribution in [0.25, 0.3) is 0 Å². The van der Waals surface area contributed by atoms with E-state index in [2.05, 4.69) is 42.3 Å². The summed E-state index contributed by atoms with van der Waals surface area (Å²) in [5.74, 6) is 0.192. The third-order valence-corrected chi connectivity index (χ3v) is 5.93. The van der Waals surface area contributed by atoms with Crippen molar-refractivity contribution < 1.29 is 14.5 Å². The van der Waals surface area contributed by atoms with Crippen LogP contribution in [0.15, 0.2) is 42.5 Å². The lowest BCUT2D eigenvalue weighted by molar-refractivity contribution is -0.892. The van der Waals surface area contributed by atoms with Gasteiger partial charge in [-0.05, 0) is 68.7 Å². The molecular weight excluding hydrogens is 362 g/mol. The number of Topliss-reactive ketones (excluding diaryl/α,β-unsaturated/α-hetero) is 1. The number of amides is 1. The number of hydrogen-bond acceptors (Lipinski definition) is 3. The highest BCUT2D eigenvalue weighted by atomic mass is 16.2. The van der Waals surface area contributed by atoms with Gasteiger partial charge in [-0.3, -0.25) is 9.59 Å². The minimum absolute atomic E-state index is 0.0160. The van der Waals surface area contributed by atoms with Gasteiger partial charge in [0.1, 0.15) is 0 Å². The van der Waals surface area contributed by atoms with Crippen molar-refractivity contribution in [1.29, 1.82) is 0 Å². The molecule has 0 unspecified atom stereocenters. The average molecular weight is 395 g/mol. The van der Waals surface area contributed by atoms with Gasteiger partial charge in [-0.25, -0.2) is 0 Å². The first-order valence-corrected chi connectivity index (χ1v) is 10.4. The maximum atomic E-state index is 12.5. The number of rotatable bonds is 6. The Morgan fingerprint density at radius 2 is 1.69 bits per heavy atom. The van der Waals surface area contributed by atoms with Crippen LogP contribution in [0, 0.1) is 13.8 Å². The number of nitrogens with one attached hydrogen (secondary N) is 2. The average Bonchev–Trinajstić information content (AvgIpc) is 2.70. The topological polar surface area (TPSA) is 53.9 Å². The highest BCUT2D eigenvalue weighted by Gasteiger charge is 2.23. The minimum atomic E-state index is 0.0160. The quantitative estimate of drug-likeness (QED) is 0.738. The number of carbonyl (C=O) groups is 2. The fourth-order valence-electron chi connectivity index (χ4n) is 3.80. The Balaban J connectivity index is 1.47. The Bertz CT molecular complexity index is 868. The summed E-state index contributed by atoms with van der Waals surface area (Å²) in [7, 11) is 0. The first-order chi connectivity index (χ1) is 13.8. The van der Waals surface area contributed by atoms with Crippen molar-refractivity contribution in [3.8, 4) is 0 Å². The highest BCUT2D eigenvalue weighted by molar-refractivity contribution is 5.94. The van der Waals surface area contributed by atoms with E-state index >= 15 is 0 Å². The molecule has 1 saturated heterocycles. The second-order valence-corrected chi connectivity index (χ2v) is 8.15. The third-order valence-electron chi connectivity index (χ3n) is 5.93. The Morgan fingerprint density at radius 1 is 1.03 bits per heavy atom. The number of carbonyl (C=O) groups excluding carboxylic acids is 2. The summed E-state index contributed by atoms with van der Waals surface area (Å²) < 4.78 is 0. The summed E-state index contributed by atoms with van der Waals surface area (Å²) in [5, 5.41) is 3.14. The van der Waals surface area contributed by atoms with Crippen molar-refractivity contribution in [2.75, 3.05) is 37.6 Å². The molecule has 0 saturated carbocycles. The molecule has 0 aromatic heterocycles. The zero-order valence-corrected chi connectivity index (χ0v) is 17.9. The summed E-state index contributed by atoms with van der Waals surface area (Å²) in [6.07, 6.45) is 0. The predicted octanol–water partition coefficient (Wildman–Crippen LogP) is 2.09. The van der Waals surface area contributed by atoms with Gasteiger partial charge in [-0.1, -0.05) is 18.2 Å². The molecule has 0 bridgehead atoms. The molecule has 0 radical (unpaired) electrons. The van der Waals surface area contributed by atoms with Gasteiger partial charge in [0.2, 0.25) is 0 Å². The number of benzene rings is 2. The number of anilines is 1. The van der Waals surface area contributed by atoms with Crippen LogP contribution >= 0.6 is 0 Å². The molecule has 154 valence electrons. The van der Waals surface area contributed by atoms with Gasteiger partial charge in [0, 0.05) is 11.3 Å². The lowest BCUT2D eigenvalue weighted by Crippen LogP contribution is -3.15. The summed E-state index contributed by atoms with van der Waals surface area (Å²) in [4.78, 5) is 27.6. The molecule has 2 N–H and O–H groups in total. The van der Waals surface area contributed by atoms with Gasteiger partial charge < -0.3 is 15.1 Å². The third kappa shape index (κ3) is 5.45. The largest absolute Gasteiger partial charge is 0.360 e. The molecule has 1 aliphatic heterocycles. The van der Waals surface area contributed by atoms with Crippen molar-refractivity contribution in [2.24, 2.45) is 0 Å². The van der Waals surface area contributed by atoms with E-state index in [-0.39, 0.29) is 17.7 Å². The molecule has 1 heterocycles. The van der Waals surface area contributed by atoms with Crippen LogP contribution in [0.2, 0.25) is 0 Å². The molecule has 1 fully saturated rings. The molecule has 29 heavy (non-hydrogen) atoms. The number of piperazine rings is 1. The van der Waals surface area contributed by atoms with Gasteiger partial charge >= 0.3 is 0 Å². The standard InChI is InChI=1S/C24H31N3O2/c1-17-5-6-22(15-18(17)2)19(3)25-24(29)16-26-11-13-27(14-12-26)23-9-7-21(8-10-23)20(4)28/h5-10,15,19H,11-14,16H2,1-4H3,(H,25,29)/p+1/t19-/m1/s1. The van der Waals surface area contributed by atoms with Gasteiger partial charge in [0.05, 0.1) is 32.2 Å². The highest BCUT2D eigenvalue weighted by Crippen LogP contribution is 2.17. The van der Waals surface area contributed by atoms with Crippen molar-refractivity contribution in [3.63, 3.8) is 0 Å². The molecule has 5 heteroatoms. The van der Waals surface area contributed by atoms with Crippen LogP contribution < -0.4 is 15.1 Å². The molecule has 1 atom stereocenters. The van der Waals surface area contributed by atoms with E-state index in [0.717, 1.165) is 43.0 Å². The lowest BCUT2D eigenvalue weighted by Gasteiger charge is -2.33. The van der Waals surface area contributed by atoms with E-state index < -0.39 is 0 Å². The van der Waals surface area contributed by atoms with Crippen molar-refractivity contribution in [3.05, 3.63) is 64.7 Å². The molecule has 2 aromatic rings. The number of ketones is 1. The van der Waals surface area contributed by atoms with Crippen molar-refractivity contribution in [1.82, 2.24) is 5.32 Å². The smallest absolute Gasteiger partial charge is 0.275 e. The Kier molecular flexibility index (Phi) is 6.70. The van der Waals surface area contributed by atoms with Gasteiger partial charge in [0.25, 0.3) is 5.91 Å². The summed E-state index contributed by atoms with van der Waals surface area (Å²) in [6, 6.07) is 14.2. The normalized spacial score (nSPS) is 15.8. The van der Waals surface area contributed by atoms with E-state index in [4.69, 9.17) is 0 Å². The van der Waals surface area contributed by atoms with Crippen LogP contribution in [0.4, 0.5) is 5.69 Å². The van der Waals surface area contributed by atoms with Crippen molar-refractivity contribution >= 4 is 17.4 Å². The second kappa shape index (κ2) is 9.23. The minimum Gasteiger partial charge on any atom is -0.360 e. The first kappa shape index (κ1) is 21.1. The Hall–Kier alpha value is -2.66. The summed E-state index contributed by atoms with van der Waals surface area (Å²) in [5.41, 5.74) is 5.55. The van der Waals surface area contributed by atoms with Gasteiger partial charge in [0.15, 0.2) is 12.3 Å². The monoisotopic (exact) mass is 394 g/mol. The zero-order valence-electron chi connectivity index (χ0n) is 17.9.